The Bertz CT molecular complexity index is 1770. The molecule has 1 saturated heterocycles. The maximum absolute atomic E-state index is 12.9. The monoisotopic (exact) mass is 658 g/mol. The number of aliphatic hydroxyl groups is 1. The lowest BCUT2D eigenvalue weighted by atomic mass is 9.90. The molecule has 0 radical (unpaired) electrons. The van der Waals surface area contributed by atoms with E-state index in [0.717, 1.165) is 22.4 Å². The van der Waals surface area contributed by atoms with Gasteiger partial charge in [-0.2, -0.15) is 0 Å². The summed E-state index contributed by atoms with van der Waals surface area (Å²) in [4.78, 5) is 17.0. The number of aliphatic hydroxyl groups excluding tert-OH is 1. The molecule has 6 rings (SSSR count). The summed E-state index contributed by atoms with van der Waals surface area (Å²) in [6.07, 6.45) is 0.188. The van der Waals surface area contributed by atoms with Crippen molar-refractivity contribution in [2.24, 2.45) is 5.92 Å². The summed E-state index contributed by atoms with van der Waals surface area (Å²) in [6, 6.07) is 31.2. The van der Waals surface area contributed by atoms with Crippen molar-refractivity contribution in [3.8, 4) is 11.5 Å². The first-order chi connectivity index (χ1) is 22.4. The van der Waals surface area contributed by atoms with E-state index in [-0.39, 0.29) is 29.9 Å². The lowest BCUT2D eigenvalue weighted by Gasteiger charge is -2.41. The van der Waals surface area contributed by atoms with E-state index in [1.807, 2.05) is 72.8 Å². The molecule has 0 saturated carbocycles. The summed E-state index contributed by atoms with van der Waals surface area (Å²) in [5.74, 6) is 1.31. The number of ether oxygens (including phenoxy) is 3. The van der Waals surface area contributed by atoms with Crippen molar-refractivity contribution < 1.29 is 24.1 Å². The predicted molar refractivity (Wildman–Crippen MR) is 177 cm³/mol. The molecule has 0 spiro atoms. The lowest BCUT2D eigenvalue weighted by molar-refractivity contribution is -0.276. The Morgan fingerprint density at radius 3 is 2.28 bits per heavy atom. The third-order valence-electron chi connectivity index (χ3n) is 7.74. The number of rotatable bonds is 9. The first-order valence-electron chi connectivity index (χ1n) is 14.7. The molecule has 2 heterocycles. The van der Waals surface area contributed by atoms with E-state index in [1.165, 1.54) is 0 Å². The number of nitrogens with zero attached hydrogens (tertiary/aromatic N) is 2. The second-order valence-corrected chi connectivity index (χ2v) is 11.7. The Morgan fingerprint density at radius 2 is 1.59 bits per heavy atom. The van der Waals surface area contributed by atoms with Gasteiger partial charge in [-0.05, 0) is 59.7 Å². The fourth-order valence-electron chi connectivity index (χ4n) is 5.28. The Labute approximate surface area is 276 Å². The number of para-hydroxylation sites is 1. The molecule has 11 heteroatoms. The van der Waals surface area contributed by atoms with E-state index >= 15 is 0 Å². The SMILES string of the molecule is C[C@@H]1[C@H](Cn2cnc(Cl)c2Cl)O[C@H](c2cccc(NC(=O)Nc3ccc(Oc4ccccc4)cc3)c2)O[C@@H]1c1ccc(CO)cc1. The van der Waals surface area contributed by atoms with Crippen molar-refractivity contribution in [3.63, 3.8) is 0 Å². The van der Waals surface area contributed by atoms with Gasteiger partial charge in [0, 0.05) is 22.9 Å². The molecular weight excluding hydrogens is 627 g/mol. The van der Waals surface area contributed by atoms with Crippen LogP contribution in [0.15, 0.2) is 109 Å². The first-order valence-corrected chi connectivity index (χ1v) is 15.5. The smallest absolute Gasteiger partial charge is 0.323 e. The van der Waals surface area contributed by atoms with Crippen LogP contribution in [0.2, 0.25) is 10.3 Å². The second kappa shape index (κ2) is 14.4. The number of nitrogens with one attached hydrogen (secondary N) is 2. The quantitative estimate of drug-likeness (QED) is 0.146. The van der Waals surface area contributed by atoms with Crippen molar-refractivity contribution in [3.05, 3.63) is 136 Å². The standard InChI is InChI=1S/C35H32Cl2N4O5/c1-22-30(19-41-21-38-32(36)33(41)37)45-34(46-31(22)24-12-10-23(20-42)11-13-24)25-6-5-7-27(18-25)40-35(43)39-26-14-16-29(17-15-26)44-28-8-3-2-4-9-28/h2-18,21-22,30-31,34,42H,19-20H2,1H3,(H2,39,40,43)/t22-,30+,31+,34+/m1/s1. The van der Waals surface area contributed by atoms with Crippen LogP contribution in [-0.2, 0) is 22.6 Å². The molecule has 4 aromatic carbocycles. The van der Waals surface area contributed by atoms with Crippen LogP contribution in [0.5, 0.6) is 11.5 Å². The minimum atomic E-state index is -0.747. The molecule has 0 bridgehead atoms. The second-order valence-electron chi connectivity index (χ2n) is 10.9. The Balaban J connectivity index is 1.16. The van der Waals surface area contributed by atoms with Crippen LogP contribution < -0.4 is 15.4 Å². The van der Waals surface area contributed by atoms with Gasteiger partial charge in [0.1, 0.15) is 16.7 Å². The molecule has 0 aliphatic carbocycles. The summed E-state index contributed by atoms with van der Waals surface area (Å²) in [5, 5.41) is 15.8. The van der Waals surface area contributed by atoms with Crippen LogP contribution in [-0.4, -0.2) is 26.8 Å². The minimum Gasteiger partial charge on any atom is -0.457 e. The number of urea groups is 1. The molecule has 1 fully saturated rings. The fourth-order valence-corrected chi connectivity index (χ4v) is 5.59. The van der Waals surface area contributed by atoms with Crippen LogP contribution in [0.4, 0.5) is 16.2 Å². The van der Waals surface area contributed by atoms with E-state index in [9.17, 15) is 9.90 Å². The number of hydrogen-bond acceptors (Lipinski definition) is 6. The third kappa shape index (κ3) is 7.52. The third-order valence-corrected chi connectivity index (χ3v) is 8.51. The molecule has 46 heavy (non-hydrogen) atoms. The van der Waals surface area contributed by atoms with Gasteiger partial charge < -0.3 is 34.5 Å². The molecule has 4 atom stereocenters. The fraction of sp³-hybridized carbons (Fsp3) is 0.200. The van der Waals surface area contributed by atoms with Gasteiger partial charge >= 0.3 is 6.03 Å². The van der Waals surface area contributed by atoms with Crippen LogP contribution in [0.25, 0.3) is 0 Å². The van der Waals surface area contributed by atoms with Gasteiger partial charge in [-0.15, -0.1) is 0 Å². The van der Waals surface area contributed by atoms with Crippen molar-refractivity contribution in [1.29, 1.82) is 0 Å². The van der Waals surface area contributed by atoms with Gasteiger partial charge in [-0.25, -0.2) is 9.78 Å². The van der Waals surface area contributed by atoms with Crippen LogP contribution in [0.1, 0.15) is 36.0 Å². The van der Waals surface area contributed by atoms with Crippen LogP contribution in [0.3, 0.4) is 0 Å². The van der Waals surface area contributed by atoms with Gasteiger partial charge in [0.15, 0.2) is 11.4 Å². The van der Waals surface area contributed by atoms with E-state index < -0.39 is 12.3 Å². The van der Waals surface area contributed by atoms with Crippen LogP contribution in [0, 0.1) is 5.92 Å². The number of carbonyl (C=O) groups excluding carboxylic acids is 1. The number of hydrogen-bond donors (Lipinski definition) is 3. The Morgan fingerprint density at radius 1 is 0.870 bits per heavy atom. The van der Waals surface area contributed by atoms with Crippen molar-refractivity contribution in [1.82, 2.24) is 9.55 Å². The average Bonchev–Trinajstić information content (AvgIpc) is 3.39. The van der Waals surface area contributed by atoms with Crippen LogP contribution >= 0.6 is 23.2 Å². The molecule has 236 valence electrons. The predicted octanol–water partition coefficient (Wildman–Crippen LogP) is 8.61. The van der Waals surface area contributed by atoms with E-state index in [1.54, 1.807) is 41.2 Å². The number of aromatic nitrogens is 2. The molecule has 3 N–H and O–H groups in total. The maximum atomic E-state index is 12.9. The molecule has 1 aliphatic heterocycles. The number of imidazole rings is 1. The zero-order valence-electron chi connectivity index (χ0n) is 24.8. The molecular formula is C35H32Cl2N4O5. The highest BCUT2D eigenvalue weighted by Crippen LogP contribution is 2.42. The lowest BCUT2D eigenvalue weighted by Crippen LogP contribution is -2.39. The number of amides is 2. The summed E-state index contributed by atoms with van der Waals surface area (Å²) in [6.45, 7) is 2.41. The molecule has 0 unspecified atom stereocenters. The van der Waals surface area contributed by atoms with E-state index in [0.29, 0.717) is 28.8 Å². The molecule has 9 nitrogen and oxygen atoms in total. The topological polar surface area (TPSA) is 107 Å². The molecule has 5 aromatic rings. The Kier molecular flexibility index (Phi) is 9.87. The van der Waals surface area contributed by atoms with Crippen molar-refractivity contribution >= 4 is 40.6 Å². The normalized spacial score (nSPS) is 19.4. The number of benzene rings is 4. The van der Waals surface area contributed by atoms with Gasteiger partial charge in [-0.3, -0.25) is 0 Å². The molecule has 2 amide bonds. The zero-order valence-corrected chi connectivity index (χ0v) is 26.4. The van der Waals surface area contributed by atoms with Gasteiger partial charge in [0.25, 0.3) is 0 Å². The number of halogens is 2. The largest absolute Gasteiger partial charge is 0.457 e. The minimum absolute atomic E-state index is 0.0447. The van der Waals surface area contributed by atoms with Crippen molar-refractivity contribution in [2.75, 3.05) is 10.6 Å². The highest BCUT2D eigenvalue weighted by atomic mass is 35.5. The van der Waals surface area contributed by atoms with Crippen molar-refractivity contribution in [2.45, 2.75) is 38.6 Å². The van der Waals surface area contributed by atoms with Gasteiger partial charge in [0.2, 0.25) is 0 Å². The zero-order chi connectivity index (χ0) is 32.0. The van der Waals surface area contributed by atoms with E-state index in [4.69, 9.17) is 37.4 Å². The first kappa shape index (κ1) is 31.6. The summed E-state index contributed by atoms with van der Waals surface area (Å²) in [7, 11) is 0. The summed E-state index contributed by atoms with van der Waals surface area (Å²) in [5.41, 5.74) is 3.66. The summed E-state index contributed by atoms with van der Waals surface area (Å²) < 4.78 is 20.6. The number of anilines is 2. The highest BCUT2D eigenvalue weighted by molar-refractivity contribution is 6.40. The number of carbonyl (C=O) groups is 1. The van der Waals surface area contributed by atoms with Gasteiger partial charge in [-0.1, -0.05) is 84.7 Å². The highest BCUT2D eigenvalue weighted by Gasteiger charge is 2.39. The van der Waals surface area contributed by atoms with Gasteiger partial charge in [0.05, 0.1) is 31.7 Å². The maximum Gasteiger partial charge on any atom is 0.323 e. The summed E-state index contributed by atoms with van der Waals surface area (Å²) >= 11 is 12.5. The van der Waals surface area contributed by atoms with E-state index in [2.05, 4.69) is 22.5 Å². The Hall–Kier alpha value is -4.38. The molecule has 1 aliphatic rings. The average molecular weight is 660 g/mol. The molecule has 1 aromatic heterocycles.